The SMILES string of the molecule is COc1ccc(/C=C/C(CC(=O)CSc2cccc(C(=O)Nc3ccc4nc(C)ccc4c3)c2)=NNC(=O)O)cc1O[Si](C(C)C)(C(C)C)C(C)C. The summed E-state index contributed by atoms with van der Waals surface area (Å²) in [5.74, 6) is 0.936. The Bertz CT molecular complexity index is 1960. The number of nitrogens with one attached hydrogen (secondary N) is 2. The number of hydrogen-bond donors (Lipinski definition) is 3. The number of hydrogen-bond acceptors (Lipinski definition) is 8. The predicted octanol–water partition coefficient (Wildman–Crippen LogP) is 9.75. The first kappa shape index (κ1) is 39.8. The monoisotopic (exact) mass is 740 g/mol. The molecule has 52 heavy (non-hydrogen) atoms. The van der Waals surface area contributed by atoms with Crippen molar-refractivity contribution in [2.75, 3.05) is 18.2 Å². The summed E-state index contributed by atoms with van der Waals surface area (Å²) in [4.78, 5) is 42.7. The molecule has 0 fully saturated rings. The molecule has 0 aliphatic carbocycles. The zero-order chi connectivity index (χ0) is 38.0. The van der Waals surface area contributed by atoms with E-state index in [1.807, 2.05) is 66.9 Å². The number of amides is 2. The standard InChI is InChI=1S/C40H48N4O6SSi/c1-25(2)52(26(3)4,27(5)6)50-38-20-29(14-19-37(38)49-8)13-16-33(43-44-40(47)48)23-34(45)24-51-35-11-9-10-31(22-35)39(46)42-32-17-18-36-30(21-32)15-12-28(7)41-36/h9-22,25-27,44H,23-24H2,1-8H3,(H,42,46)(H,47,48)/b16-13+,43-33?. The van der Waals surface area contributed by atoms with Crippen molar-refractivity contribution in [1.29, 1.82) is 0 Å². The summed E-state index contributed by atoms with van der Waals surface area (Å²) in [6, 6.07) is 22.1. The van der Waals surface area contributed by atoms with Crippen LogP contribution in [-0.2, 0) is 4.79 Å². The first-order chi connectivity index (χ1) is 24.7. The number of carboxylic acid groups (broad SMARTS) is 1. The molecular formula is C40H48N4O6SSi. The van der Waals surface area contributed by atoms with Crippen molar-refractivity contribution in [1.82, 2.24) is 10.4 Å². The fraction of sp³-hybridized carbons (Fsp3) is 0.325. The molecule has 4 rings (SSSR count). The van der Waals surface area contributed by atoms with Crippen LogP contribution in [0.4, 0.5) is 10.5 Å². The van der Waals surface area contributed by atoms with Crippen molar-refractivity contribution >= 4 is 66.2 Å². The fourth-order valence-corrected chi connectivity index (χ4v) is 12.6. The zero-order valence-electron chi connectivity index (χ0n) is 31.0. The van der Waals surface area contributed by atoms with Crippen molar-refractivity contribution in [2.45, 2.75) is 76.4 Å². The van der Waals surface area contributed by atoms with Gasteiger partial charge in [-0.2, -0.15) is 5.10 Å². The molecule has 0 aliphatic rings. The number of allylic oxidation sites excluding steroid dienone is 1. The van der Waals surface area contributed by atoms with E-state index in [-0.39, 0.29) is 29.6 Å². The molecule has 3 aromatic carbocycles. The van der Waals surface area contributed by atoms with Crippen LogP contribution in [0.5, 0.6) is 11.5 Å². The highest BCUT2D eigenvalue weighted by atomic mass is 32.2. The number of nitrogens with zero attached hydrogens (tertiary/aromatic N) is 2. The van der Waals surface area contributed by atoms with Gasteiger partial charge in [-0.05, 0) is 89.8 Å². The maximum atomic E-state index is 13.1. The number of thioether (sulfide) groups is 1. The van der Waals surface area contributed by atoms with Crippen molar-refractivity contribution < 1.29 is 28.7 Å². The number of aryl methyl sites for hydroxylation is 1. The Morgan fingerprint density at radius 3 is 2.33 bits per heavy atom. The summed E-state index contributed by atoms with van der Waals surface area (Å²) in [5.41, 5.74) is 7.01. The number of aromatic nitrogens is 1. The van der Waals surface area contributed by atoms with Crippen LogP contribution in [-0.4, -0.2) is 54.8 Å². The van der Waals surface area contributed by atoms with Crippen LogP contribution in [0.3, 0.4) is 0 Å². The lowest BCUT2D eigenvalue weighted by atomic mass is 10.1. The van der Waals surface area contributed by atoms with Crippen LogP contribution in [0.25, 0.3) is 17.0 Å². The van der Waals surface area contributed by atoms with Crippen molar-refractivity contribution in [2.24, 2.45) is 5.10 Å². The smallest absolute Gasteiger partial charge is 0.425 e. The maximum absolute atomic E-state index is 13.1. The van der Waals surface area contributed by atoms with E-state index in [0.29, 0.717) is 39.4 Å². The Morgan fingerprint density at radius 1 is 0.923 bits per heavy atom. The predicted molar refractivity (Wildman–Crippen MR) is 214 cm³/mol. The number of benzene rings is 3. The van der Waals surface area contributed by atoms with Gasteiger partial charge in [0, 0.05) is 27.2 Å². The maximum Gasteiger partial charge on any atom is 0.425 e. The molecule has 4 aromatic rings. The minimum atomic E-state index is -2.28. The minimum absolute atomic E-state index is 0.0922. The Hall–Kier alpha value is -4.94. The molecule has 12 heteroatoms. The Kier molecular flexibility index (Phi) is 13.8. The molecule has 2 amide bonds. The first-order valence-electron chi connectivity index (χ1n) is 17.3. The molecule has 0 atom stereocenters. The molecule has 0 saturated carbocycles. The Morgan fingerprint density at radius 2 is 1.65 bits per heavy atom. The minimum Gasteiger partial charge on any atom is -0.540 e. The molecule has 0 bridgehead atoms. The quantitative estimate of drug-likeness (QED) is 0.0447. The van der Waals surface area contributed by atoms with Gasteiger partial charge in [-0.15, -0.1) is 11.8 Å². The summed E-state index contributed by atoms with van der Waals surface area (Å²) in [6.45, 7) is 15.2. The summed E-state index contributed by atoms with van der Waals surface area (Å²) in [6.07, 6.45) is 1.95. The summed E-state index contributed by atoms with van der Waals surface area (Å²) >= 11 is 1.29. The second-order valence-electron chi connectivity index (χ2n) is 13.5. The van der Waals surface area contributed by atoms with Gasteiger partial charge in [0.15, 0.2) is 5.75 Å². The number of carbonyl (C=O) groups is 3. The Labute approximate surface area is 311 Å². The molecule has 1 heterocycles. The topological polar surface area (TPSA) is 139 Å². The largest absolute Gasteiger partial charge is 0.540 e. The fourth-order valence-electron chi connectivity index (χ4n) is 6.52. The van der Waals surface area contributed by atoms with E-state index in [4.69, 9.17) is 9.16 Å². The average molecular weight is 741 g/mol. The molecule has 1 aromatic heterocycles. The van der Waals surface area contributed by atoms with Crippen molar-refractivity contribution in [3.05, 3.63) is 95.7 Å². The van der Waals surface area contributed by atoms with E-state index in [0.717, 1.165) is 27.1 Å². The van der Waals surface area contributed by atoms with Crippen LogP contribution in [0.1, 0.15) is 69.6 Å². The van der Waals surface area contributed by atoms with E-state index >= 15 is 0 Å². The third-order valence-corrected chi connectivity index (χ3v) is 15.9. The first-order valence-corrected chi connectivity index (χ1v) is 20.4. The Balaban J connectivity index is 1.44. The molecule has 0 spiro atoms. The molecule has 0 radical (unpaired) electrons. The number of ketones is 1. The lowest BCUT2D eigenvalue weighted by Gasteiger charge is -2.42. The number of Topliss-reactive ketones (excluding diaryl/α,β-unsaturated/α-hetero) is 1. The van der Waals surface area contributed by atoms with Crippen molar-refractivity contribution in [3.63, 3.8) is 0 Å². The van der Waals surface area contributed by atoms with E-state index in [1.54, 1.807) is 37.5 Å². The van der Waals surface area contributed by atoms with Crippen LogP contribution < -0.4 is 19.9 Å². The summed E-state index contributed by atoms with van der Waals surface area (Å²) in [5, 5.41) is 17.0. The highest BCUT2D eigenvalue weighted by Gasteiger charge is 2.47. The van der Waals surface area contributed by atoms with Gasteiger partial charge in [0.05, 0.1) is 30.5 Å². The van der Waals surface area contributed by atoms with E-state index < -0.39 is 14.4 Å². The third kappa shape index (κ3) is 10.3. The normalized spacial score (nSPS) is 12.2. The number of anilines is 1. The van der Waals surface area contributed by atoms with E-state index in [1.165, 1.54) is 11.8 Å². The lowest BCUT2D eigenvalue weighted by Crippen LogP contribution is -2.50. The number of hydrazone groups is 1. The van der Waals surface area contributed by atoms with Crippen LogP contribution in [0.2, 0.25) is 16.6 Å². The number of carbonyl (C=O) groups excluding carboxylic acids is 2. The van der Waals surface area contributed by atoms with Gasteiger partial charge in [0.2, 0.25) is 0 Å². The molecular weight excluding hydrogens is 693 g/mol. The van der Waals surface area contributed by atoms with E-state index in [2.05, 4.69) is 56.9 Å². The number of fused-ring (bicyclic) bond motifs is 1. The average Bonchev–Trinajstić information content (AvgIpc) is 3.10. The van der Waals surface area contributed by atoms with Gasteiger partial charge in [0.1, 0.15) is 11.5 Å². The van der Waals surface area contributed by atoms with Gasteiger partial charge in [-0.3, -0.25) is 14.6 Å². The molecule has 0 saturated heterocycles. The second-order valence-corrected chi connectivity index (χ2v) is 20.0. The summed E-state index contributed by atoms with van der Waals surface area (Å²) in [7, 11) is -0.667. The zero-order valence-corrected chi connectivity index (χ0v) is 32.8. The van der Waals surface area contributed by atoms with Gasteiger partial charge in [-0.1, -0.05) is 65.8 Å². The number of rotatable bonds is 16. The van der Waals surface area contributed by atoms with Crippen LogP contribution in [0.15, 0.2) is 88.9 Å². The third-order valence-electron chi connectivity index (χ3n) is 8.91. The molecule has 0 unspecified atom stereocenters. The van der Waals surface area contributed by atoms with E-state index in [9.17, 15) is 19.5 Å². The molecule has 274 valence electrons. The highest BCUT2D eigenvalue weighted by molar-refractivity contribution is 8.00. The van der Waals surface area contributed by atoms with Crippen LogP contribution >= 0.6 is 11.8 Å². The number of methoxy groups -OCH3 is 1. The second kappa shape index (κ2) is 18.0. The highest BCUT2D eigenvalue weighted by Crippen LogP contribution is 2.45. The van der Waals surface area contributed by atoms with Gasteiger partial charge in [0.25, 0.3) is 14.2 Å². The van der Waals surface area contributed by atoms with Gasteiger partial charge < -0.3 is 19.6 Å². The van der Waals surface area contributed by atoms with Gasteiger partial charge >= 0.3 is 6.09 Å². The number of pyridine rings is 1. The molecule has 0 aliphatic heterocycles. The van der Waals surface area contributed by atoms with Gasteiger partial charge in [-0.25, -0.2) is 10.2 Å². The number of ether oxygens (including phenoxy) is 1. The molecule has 3 N–H and O–H groups in total. The lowest BCUT2D eigenvalue weighted by molar-refractivity contribution is -0.115. The summed E-state index contributed by atoms with van der Waals surface area (Å²) < 4.78 is 12.6. The van der Waals surface area contributed by atoms with Crippen LogP contribution in [0, 0.1) is 6.92 Å². The van der Waals surface area contributed by atoms with Crippen molar-refractivity contribution in [3.8, 4) is 11.5 Å². The molecule has 10 nitrogen and oxygen atoms in total.